The number of hydrogen-bond acceptors (Lipinski definition) is 7. The molecule has 8 heteroatoms. The lowest BCUT2D eigenvalue weighted by Gasteiger charge is -2.08. The first-order valence-corrected chi connectivity index (χ1v) is 8.84. The van der Waals surface area contributed by atoms with Crippen LogP contribution in [0.2, 0.25) is 0 Å². The SMILES string of the molecule is Nc1nnc(SCC(=O)Nc2cccc(Oc3ccccc3)c2)s1. The fraction of sp³-hybridized carbons (Fsp3) is 0.0625. The van der Waals surface area contributed by atoms with Crippen molar-refractivity contribution in [3.05, 3.63) is 54.6 Å². The lowest BCUT2D eigenvalue weighted by molar-refractivity contribution is -0.113. The van der Waals surface area contributed by atoms with E-state index in [-0.39, 0.29) is 11.7 Å². The highest BCUT2D eigenvalue weighted by Crippen LogP contribution is 2.25. The van der Waals surface area contributed by atoms with Crippen molar-refractivity contribution in [2.24, 2.45) is 0 Å². The molecule has 0 fully saturated rings. The second-order valence-electron chi connectivity index (χ2n) is 4.69. The number of hydrogen-bond donors (Lipinski definition) is 2. The molecule has 6 nitrogen and oxygen atoms in total. The number of carbonyl (C=O) groups is 1. The van der Waals surface area contributed by atoms with Gasteiger partial charge < -0.3 is 15.8 Å². The third-order valence-electron chi connectivity index (χ3n) is 2.85. The lowest BCUT2D eigenvalue weighted by atomic mass is 10.3. The average Bonchev–Trinajstić information content (AvgIpc) is 3.00. The van der Waals surface area contributed by atoms with Crippen molar-refractivity contribution in [2.45, 2.75) is 4.34 Å². The Morgan fingerprint density at radius 2 is 1.92 bits per heavy atom. The van der Waals surface area contributed by atoms with Gasteiger partial charge in [-0.25, -0.2) is 0 Å². The number of nitrogen functional groups attached to an aromatic ring is 1. The molecule has 0 bridgehead atoms. The lowest BCUT2D eigenvalue weighted by Crippen LogP contribution is -2.13. The Labute approximate surface area is 147 Å². The van der Waals surface area contributed by atoms with Crippen molar-refractivity contribution in [3.63, 3.8) is 0 Å². The van der Waals surface area contributed by atoms with Gasteiger partial charge in [0, 0.05) is 11.8 Å². The summed E-state index contributed by atoms with van der Waals surface area (Å²) in [6, 6.07) is 16.7. The van der Waals surface area contributed by atoms with Gasteiger partial charge in [0.15, 0.2) is 4.34 Å². The van der Waals surface area contributed by atoms with Gasteiger partial charge in [-0.3, -0.25) is 4.79 Å². The molecular formula is C16H14N4O2S2. The maximum atomic E-state index is 12.0. The van der Waals surface area contributed by atoms with Crippen LogP contribution in [-0.2, 0) is 4.79 Å². The third-order valence-corrected chi connectivity index (χ3v) is 4.73. The summed E-state index contributed by atoms with van der Waals surface area (Å²) in [6.45, 7) is 0. The molecule has 0 unspecified atom stereocenters. The fourth-order valence-electron chi connectivity index (χ4n) is 1.87. The molecule has 24 heavy (non-hydrogen) atoms. The summed E-state index contributed by atoms with van der Waals surface area (Å²) < 4.78 is 6.42. The summed E-state index contributed by atoms with van der Waals surface area (Å²) in [6.07, 6.45) is 0. The second-order valence-corrected chi connectivity index (χ2v) is 6.92. The number of anilines is 2. The molecule has 122 valence electrons. The van der Waals surface area contributed by atoms with E-state index in [4.69, 9.17) is 10.5 Å². The Bertz CT molecular complexity index is 824. The van der Waals surface area contributed by atoms with Gasteiger partial charge in [-0.05, 0) is 24.3 Å². The van der Waals surface area contributed by atoms with Crippen LogP contribution in [-0.4, -0.2) is 21.9 Å². The number of nitrogens with two attached hydrogens (primary N) is 1. The van der Waals surface area contributed by atoms with Crippen molar-refractivity contribution in [1.29, 1.82) is 0 Å². The molecule has 0 saturated heterocycles. The van der Waals surface area contributed by atoms with Crippen molar-refractivity contribution in [2.75, 3.05) is 16.8 Å². The smallest absolute Gasteiger partial charge is 0.234 e. The number of ether oxygens (including phenoxy) is 1. The highest BCUT2D eigenvalue weighted by atomic mass is 32.2. The van der Waals surface area contributed by atoms with Gasteiger partial charge >= 0.3 is 0 Å². The molecule has 0 spiro atoms. The van der Waals surface area contributed by atoms with E-state index in [2.05, 4.69) is 15.5 Å². The number of rotatable bonds is 6. The van der Waals surface area contributed by atoms with Crippen LogP contribution >= 0.6 is 23.1 Å². The van der Waals surface area contributed by atoms with Gasteiger partial charge in [0.05, 0.1) is 5.75 Å². The van der Waals surface area contributed by atoms with Gasteiger partial charge in [-0.1, -0.05) is 47.4 Å². The molecule has 3 N–H and O–H groups in total. The van der Waals surface area contributed by atoms with Crippen LogP contribution in [0.5, 0.6) is 11.5 Å². The normalized spacial score (nSPS) is 10.3. The largest absolute Gasteiger partial charge is 0.457 e. The van der Waals surface area contributed by atoms with Crippen molar-refractivity contribution < 1.29 is 9.53 Å². The van der Waals surface area contributed by atoms with E-state index in [1.165, 1.54) is 23.1 Å². The molecule has 0 saturated carbocycles. The minimum Gasteiger partial charge on any atom is -0.457 e. The van der Waals surface area contributed by atoms with Crippen molar-refractivity contribution in [3.8, 4) is 11.5 Å². The summed E-state index contributed by atoms with van der Waals surface area (Å²) in [5.74, 6) is 1.50. The number of carbonyl (C=O) groups excluding carboxylic acids is 1. The standard InChI is InChI=1S/C16H14N4O2S2/c17-15-19-20-16(24-15)23-10-14(21)18-11-5-4-8-13(9-11)22-12-6-2-1-3-7-12/h1-9H,10H2,(H2,17,19)(H,18,21). The van der Waals surface area contributed by atoms with Gasteiger partial charge in [-0.15, -0.1) is 10.2 Å². The molecule has 1 aromatic heterocycles. The molecule has 0 atom stereocenters. The summed E-state index contributed by atoms with van der Waals surface area (Å²) in [4.78, 5) is 12.0. The first kappa shape index (κ1) is 16.3. The topological polar surface area (TPSA) is 90.1 Å². The molecule has 3 rings (SSSR count). The van der Waals surface area contributed by atoms with Crippen LogP contribution in [0.4, 0.5) is 10.8 Å². The molecule has 0 aliphatic heterocycles. The number of nitrogens with one attached hydrogen (secondary N) is 1. The number of benzene rings is 2. The quantitative estimate of drug-likeness (QED) is 0.654. The van der Waals surface area contributed by atoms with Crippen LogP contribution < -0.4 is 15.8 Å². The maximum Gasteiger partial charge on any atom is 0.234 e. The van der Waals surface area contributed by atoms with E-state index < -0.39 is 0 Å². The van der Waals surface area contributed by atoms with Gasteiger partial charge in [0.1, 0.15) is 11.5 Å². The second kappa shape index (κ2) is 7.80. The molecule has 0 aliphatic carbocycles. The predicted molar refractivity (Wildman–Crippen MR) is 96.6 cm³/mol. The van der Waals surface area contributed by atoms with Crippen LogP contribution in [0.15, 0.2) is 58.9 Å². The summed E-state index contributed by atoms with van der Waals surface area (Å²) in [5, 5.41) is 10.8. The highest BCUT2D eigenvalue weighted by molar-refractivity contribution is 8.01. The highest BCUT2D eigenvalue weighted by Gasteiger charge is 2.08. The predicted octanol–water partition coefficient (Wildman–Crippen LogP) is 3.64. The van der Waals surface area contributed by atoms with E-state index in [1.54, 1.807) is 6.07 Å². The first-order valence-electron chi connectivity index (χ1n) is 7.03. The number of aromatic nitrogens is 2. The van der Waals surface area contributed by atoms with Gasteiger partial charge in [0.25, 0.3) is 0 Å². The summed E-state index contributed by atoms with van der Waals surface area (Å²) in [7, 11) is 0. The average molecular weight is 358 g/mol. The number of nitrogens with zero attached hydrogens (tertiary/aromatic N) is 2. The van der Waals surface area contributed by atoms with E-state index in [1.807, 2.05) is 48.5 Å². The first-order chi connectivity index (χ1) is 11.7. The van der Waals surface area contributed by atoms with Crippen LogP contribution in [0.1, 0.15) is 0 Å². The molecule has 0 aliphatic rings. The molecule has 1 heterocycles. The molecule has 1 amide bonds. The van der Waals surface area contributed by atoms with E-state index >= 15 is 0 Å². The molecule has 2 aromatic carbocycles. The summed E-state index contributed by atoms with van der Waals surface area (Å²) >= 11 is 2.56. The van der Waals surface area contributed by atoms with Gasteiger partial charge in [0.2, 0.25) is 11.0 Å². The molecule has 3 aromatic rings. The zero-order valence-corrected chi connectivity index (χ0v) is 14.1. The maximum absolute atomic E-state index is 12.0. The third kappa shape index (κ3) is 4.71. The summed E-state index contributed by atoms with van der Waals surface area (Å²) in [5.41, 5.74) is 6.18. The molecular weight excluding hydrogens is 344 g/mol. The Morgan fingerprint density at radius 3 is 2.67 bits per heavy atom. The Morgan fingerprint density at radius 1 is 1.12 bits per heavy atom. The van der Waals surface area contributed by atoms with E-state index in [0.717, 1.165) is 5.75 Å². The monoisotopic (exact) mass is 358 g/mol. The van der Waals surface area contributed by atoms with Crippen molar-refractivity contribution in [1.82, 2.24) is 10.2 Å². The Kier molecular flexibility index (Phi) is 5.29. The minimum absolute atomic E-state index is 0.134. The van der Waals surface area contributed by atoms with Gasteiger partial charge in [-0.2, -0.15) is 0 Å². The van der Waals surface area contributed by atoms with Crippen LogP contribution in [0, 0.1) is 0 Å². The van der Waals surface area contributed by atoms with Crippen LogP contribution in [0.3, 0.4) is 0 Å². The minimum atomic E-state index is -0.134. The number of amides is 1. The van der Waals surface area contributed by atoms with Crippen molar-refractivity contribution >= 4 is 39.8 Å². The van der Waals surface area contributed by atoms with E-state index in [9.17, 15) is 4.79 Å². The Balaban J connectivity index is 1.56. The Hall–Kier alpha value is -2.58. The zero-order chi connectivity index (χ0) is 16.8. The fourth-order valence-corrected chi connectivity index (χ4v) is 3.30. The van der Waals surface area contributed by atoms with E-state index in [0.29, 0.717) is 20.9 Å². The molecule has 0 radical (unpaired) electrons. The van der Waals surface area contributed by atoms with Crippen LogP contribution in [0.25, 0.3) is 0 Å². The number of para-hydroxylation sites is 1. The number of thioether (sulfide) groups is 1. The zero-order valence-electron chi connectivity index (χ0n) is 12.5.